The molecule has 0 atom stereocenters. The Morgan fingerprint density at radius 3 is 2.31 bits per heavy atom. The molecule has 1 aliphatic rings. The van der Waals surface area contributed by atoms with E-state index in [9.17, 15) is 19.5 Å². The summed E-state index contributed by atoms with van der Waals surface area (Å²) in [5.74, 6) is -1.07. The van der Waals surface area contributed by atoms with E-state index in [4.69, 9.17) is 0 Å². The maximum Gasteiger partial charge on any atom is 0.261 e. The predicted octanol–water partition coefficient (Wildman–Crippen LogP) is 4.19. The molecule has 0 radical (unpaired) electrons. The third-order valence-electron chi connectivity index (χ3n) is 4.89. The van der Waals surface area contributed by atoms with Crippen molar-refractivity contribution >= 4 is 23.4 Å². The topological polar surface area (TPSA) is 86.7 Å². The highest BCUT2D eigenvalue weighted by Crippen LogP contribution is 2.31. The maximum absolute atomic E-state index is 12.7. The third-order valence-corrected chi connectivity index (χ3v) is 4.89. The van der Waals surface area contributed by atoms with Crippen molar-refractivity contribution in [3.05, 3.63) is 58.7 Å². The number of phenolic OH excluding ortho intramolecular Hbond substituents is 1. The van der Waals surface area contributed by atoms with Crippen molar-refractivity contribution < 1.29 is 19.5 Å². The quantitative estimate of drug-likeness (QED) is 0.601. The lowest BCUT2D eigenvalue weighted by Crippen LogP contribution is -2.33. The van der Waals surface area contributed by atoms with E-state index in [2.05, 4.69) is 5.32 Å². The van der Waals surface area contributed by atoms with Crippen LogP contribution in [0.4, 0.5) is 5.69 Å². The van der Waals surface area contributed by atoms with Crippen molar-refractivity contribution in [2.45, 2.75) is 40.0 Å². The minimum absolute atomic E-state index is 0.0399. The summed E-state index contributed by atoms with van der Waals surface area (Å²) in [4.78, 5) is 39.0. The lowest BCUT2D eigenvalue weighted by molar-refractivity contribution is 0.0636. The van der Waals surface area contributed by atoms with Crippen LogP contribution < -0.4 is 5.32 Å². The lowest BCUT2D eigenvalue weighted by Gasteiger charge is -2.20. The third kappa shape index (κ3) is 4.01. The van der Waals surface area contributed by atoms with E-state index in [-0.39, 0.29) is 40.0 Å². The number of nitrogens with zero attached hydrogens (tertiary/aromatic N) is 1. The van der Waals surface area contributed by atoms with Gasteiger partial charge < -0.3 is 10.4 Å². The number of phenols is 1. The van der Waals surface area contributed by atoms with Gasteiger partial charge >= 0.3 is 0 Å². The van der Waals surface area contributed by atoms with E-state index in [1.807, 2.05) is 40.7 Å². The molecule has 6 nitrogen and oxygen atoms in total. The number of hydrogen-bond donors (Lipinski definition) is 2. The molecule has 0 saturated carbocycles. The average molecular weight is 394 g/mol. The molecular formula is C23H26N2O4. The summed E-state index contributed by atoms with van der Waals surface area (Å²) in [6, 6.07) is 9.56. The van der Waals surface area contributed by atoms with Gasteiger partial charge in [-0.2, -0.15) is 0 Å². The number of fused-ring (bicyclic) bond motifs is 1. The molecule has 2 aromatic carbocycles. The number of carbonyl (C=O) groups is 3. The molecule has 0 bridgehead atoms. The molecule has 2 aromatic rings. The van der Waals surface area contributed by atoms with Gasteiger partial charge in [0.15, 0.2) is 0 Å². The molecule has 0 aromatic heterocycles. The molecule has 6 heteroatoms. The van der Waals surface area contributed by atoms with E-state index >= 15 is 0 Å². The zero-order valence-electron chi connectivity index (χ0n) is 17.4. The van der Waals surface area contributed by atoms with Gasteiger partial charge in [-0.3, -0.25) is 19.3 Å². The number of hydrogen-bond acceptors (Lipinski definition) is 4. The number of nitrogens with one attached hydrogen (secondary N) is 1. The highest BCUT2D eigenvalue weighted by molar-refractivity contribution is 6.22. The average Bonchev–Trinajstić information content (AvgIpc) is 2.86. The first-order valence-corrected chi connectivity index (χ1v) is 9.64. The van der Waals surface area contributed by atoms with Crippen LogP contribution in [0.2, 0.25) is 0 Å². The maximum atomic E-state index is 12.7. The summed E-state index contributed by atoms with van der Waals surface area (Å²) >= 11 is 0. The Hall–Kier alpha value is -3.15. The van der Waals surface area contributed by atoms with Gasteiger partial charge in [-0.25, -0.2) is 0 Å². The molecule has 2 N–H and O–H groups in total. The second-order valence-electron chi connectivity index (χ2n) is 8.81. The van der Waals surface area contributed by atoms with Crippen molar-refractivity contribution in [1.29, 1.82) is 0 Å². The van der Waals surface area contributed by atoms with Crippen LogP contribution in [0.3, 0.4) is 0 Å². The van der Waals surface area contributed by atoms with Gasteiger partial charge in [0.1, 0.15) is 5.75 Å². The summed E-state index contributed by atoms with van der Waals surface area (Å²) in [5.41, 5.74) is 1.90. The summed E-state index contributed by atoms with van der Waals surface area (Å²) in [7, 11) is 0. The molecular weight excluding hydrogens is 368 g/mol. The fourth-order valence-corrected chi connectivity index (χ4v) is 3.26. The van der Waals surface area contributed by atoms with Crippen LogP contribution in [-0.2, 0) is 5.41 Å². The first-order chi connectivity index (χ1) is 13.5. The number of carbonyl (C=O) groups excluding carboxylic acids is 3. The van der Waals surface area contributed by atoms with E-state index in [1.165, 1.54) is 23.1 Å². The molecule has 0 fully saturated rings. The Morgan fingerprint density at radius 2 is 1.69 bits per heavy atom. The SMILES string of the molecule is CC(C)CN1C(=O)c2ccc(C(=O)Nc3cc(C(C)(C)C)ccc3O)cc2C1=O. The first-order valence-electron chi connectivity index (χ1n) is 9.64. The number of benzene rings is 2. The summed E-state index contributed by atoms with van der Waals surface area (Å²) in [5, 5.41) is 12.8. The highest BCUT2D eigenvalue weighted by atomic mass is 16.3. The second kappa shape index (κ2) is 7.35. The molecule has 29 heavy (non-hydrogen) atoms. The zero-order chi connectivity index (χ0) is 21.5. The lowest BCUT2D eigenvalue weighted by atomic mass is 9.87. The first kappa shape index (κ1) is 20.6. The van der Waals surface area contributed by atoms with Gasteiger partial charge in [-0.05, 0) is 47.2 Å². The highest BCUT2D eigenvalue weighted by Gasteiger charge is 2.36. The molecule has 1 aliphatic heterocycles. The Kier molecular flexibility index (Phi) is 5.22. The predicted molar refractivity (Wildman–Crippen MR) is 111 cm³/mol. The molecule has 0 aliphatic carbocycles. The van der Waals surface area contributed by atoms with Crippen LogP contribution in [-0.4, -0.2) is 34.3 Å². The van der Waals surface area contributed by atoms with Crippen molar-refractivity contribution in [3.63, 3.8) is 0 Å². The number of amides is 3. The number of rotatable bonds is 4. The van der Waals surface area contributed by atoms with Crippen molar-refractivity contribution in [3.8, 4) is 5.75 Å². The minimum atomic E-state index is -0.461. The van der Waals surface area contributed by atoms with Crippen LogP contribution in [0.1, 0.15) is 71.3 Å². The van der Waals surface area contributed by atoms with Gasteiger partial charge in [-0.15, -0.1) is 0 Å². The molecule has 3 amide bonds. The second-order valence-corrected chi connectivity index (χ2v) is 8.81. The van der Waals surface area contributed by atoms with Crippen molar-refractivity contribution in [1.82, 2.24) is 4.90 Å². The largest absolute Gasteiger partial charge is 0.506 e. The fourth-order valence-electron chi connectivity index (χ4n) is 3.26. The van der Waals surface area contributed by atoms with E-state index in [0.29, 0.717) is 17.8 Å². The van der Waals surface area contributed by atoms with Crippen LogP contribution in [0, 0.1) is 5.92 Å². The molecule has 1 heterocycles. The van der Waals surface area contributed by atoms with Gasteiger partial charge in [0.05, 0.1) is 16.8 Å². The van der Waals surface area contributed by atoms with Gasteiger partial charge in [0.25, 0.3) is 17.7 Å². The molecule has 152 valence electrons. The van der Waals surface area contributed by atoms with Crippen LogP contribution in [0.25, 0.3) is 0 Å². The van der Waals surface area contributed by atoms with Crippen LogP contribution in [0.15, 0.2) is 36.4 Å². The molecule has 0 saturated heterocycles. The fraction of sp³-hybridized carbons (Fsp3) is 0.348. The Balaban J connectivity index is 1.87. The standard InChI is InChI=1S/C23H26N2O4/c1-13(2)12-25-21(28)16-8-6-14(10-17(16)22(25)29)20(27)24-18-11-15(23(3,4)5)7-9-19(18)26/h6-11,13,26H,12H2,1-5H3,(H,24,27). The Morgan fingerprint density at radius 1 is 1.03 bits per heavy atom. The molecule has 0 unspecified atom stereocenters. The normalized spacial score (nSPS) is 13.8. The van der Waals surface area contributed by atoms with Crippen LogP contribution in [0.5, 0.6) is 5.75 Å². The van der Waals surface area contributed by atoms with E-state index in [0.717, 1.165) is 5.56 Å². The van der Waals surface area contributed by atoms with Gasteiger partial charge in [0, 0.05) is 12.1 Å². The monoisotopic (exact) mass is 394 g/mol. The number of aromatic hydroxyl groups is 1. The number of anilines is 1. The Bertz CT molecular complexity index is 1000. The molecule has 0 spiro atoms. The minimum Gasteiger partial charge on any atom is -0.506 e. The summed E-state index contributed by atoms with van der Waals surface area (Å²) in [6.45, 7) is 10.3. The van der Waals surface area contributed by atoms with Crippen LogP contribution >= 0.6 is 0 Å². The zero-order valence-corrected chi connectivity index (χ0v) is 17.4. The van der Waals surface area contributed by atoms with E-state index < -0.39 is 5.91 Å². The number of imide groups is 1. The van der Waals surface area contributed by atoms with Crippen molar-refractivity contribution in [2.75, 3.05) is 11.9 Å². The summed E-state index contributed by atoms with van der Waals surface area (Å²) in [6.07, 6.45) is 0. The van der Waals surface area contributed by atoms with E-state index in [1.54, 1.807) is 12.1 Å². The van der Waals surface area contributed by atoms with Gasteiger partial charge in [-0.1, -0.05) is 40.7 Å². The van der Waals surface area contributed by atoms with Crippen molar-refractivity contribution in [2.24, 2.45) is 5.92 Å². The smallest absolute Gasteiger partial charge is 0.261 e. The Labute approximate surface area is 170 Å². The van der Waals surface area contributed by atoms with Gasteiger partial charge in [0.2, 0.25) is 0 Å². The summed E-state index contributed by atoms with van der Waals surface area (Å²) < 4.78 is 0. The molecule has 3 rings (SSSR count).